The number of carbonyl (C=O) groups is 1. The molecule has 0 spiro atoms. The van der Waals surface area contributed by atoms with Crippen molar-refractivity contribution in [1.29, 1.82) is 0 Å². The van der Waals surface area contributed by atoms with Crippen molar-refractivity contribution in [1.82, 2.24) is 19.7 Å². The number of rotatable bonds is 4. The maximum Gasteiger partial charge on any atom is 0.298 e. The van der Waals surface area contributed by atoms with Crippen LogP contribution in [0.2, 0.25) is 0 Å². The average Bonchev–Trinajstić information content (AvgIpc) is 3.18. The molecule has 1 aliphatic heterocycles. The zero-order valence-corrected chi connectivity index (χ0v) is 15.0. The minimum atomic E-state index is 0.200. The highest BCUT2D eigenvalue weighted by Gasteiger charge is 2.22. The van der Waals surface area contributed by atoms with E-state index in [2.05, 4.69) is 15.0 Å². The fourth-order valence-corrected chi connectivity index (χ4v) is 3.39. The largest absolute Gasteiger partial charge is 0.423 e. The van der Waals surface area contributed by atoms with Crippen LogP contribution < -0.4 is 4.90 Å². The highest BCUT2D eigenvalue weighted by atomic mass is 16.4. The van der Waals surface area contributed by atoms with Crippen molar-refractivity contribution < 1.29 is 9.21 Å². The minimum Gasteiger partial charge on any atom is -0.423 e. The lowest BCUT2D eigenvalue weighted by Crippen LogP contribution is -2.35. The Morgan fingerprint density at radius 3 is 2.85 bits per heavy atom. The Bertz CT molecular complexity index is 867. The van der Waals surface area contributed by atoms with E-state index >= 15 is 0 Å². The number of anilines is 1. The summed E-state index contributed by atoms with van der Waals surface area (Å²) in [4.78, 5) is 21.2. The van der Waals surface area contributed by atoms with Gasteiger partial charge in [-0.1, -0.05) is 12.1 Å². The summed E-state index contributed by atoms with van der Waals surface area (Å²) in [7, 11) is 1.91. The molecule has 0 saturated carbocycles. The first kappa shape index (κ1) is 16.6. The summed E-state index contributed by atoms with van der Waals surface area (Å²) in [6.45, 7) is 3.06. The monoisotopic (exact) mass is 353 g/mol. The summed E-state index contributed by atoms with van der Waals surface area (Å²) in [5.74, 6) is 0.200. The van der Waals surface area contributed by atoms with Gasteiger partial charge in [-0.2, -0.15) is 10.1 Å². The predicted octanol–water partition coefficient (Wildman–Crippen LogP) is 2.23. The van der Waals surface area contributed by atoms with Crippen molar-refractivity contribution in [2.45, 2.75) is 19.3 Å². The van der Waals surface area contributed by atoms with Crippen LogP contribution in [0.3, 0.4) is 0 Å². The standard InChI is InChI=1S/C19H23N5O2/c1-22-15(9-10-20-22)7-8-18(25)23-11-4-12-24(14-13-23)19-21-16-5-2-3-6-17(16)26-19/h2-3,5-6,9-10H,4,7-8,11-14H2,1H3. The lowest BCUT2D eigenvalue weighted by molar-refractivity contribution is -0.130. The molecule has 1 aliphatic rings. The topological polar surface area (TPSA) is 67.4 Å². The molecule has 0 N–H and O–H groups in total. The van der Waals surface area contributed by atoms with Crippen LogP contribution in [-0.4, -0.2) is 51.8 Å². The molecule has 2 aromatic heterocycles. The van der Waals surface area contributed by atoms with Gasteiger partial charge >= 0.3 is 0 Å². The molecule has 1 saturated heterocycles. The van der Waals surface area contributed by atoms with Crippen molar-refractivity contribution in [3.63, 3.8) is 0 Å². The van der Waals surface area contributed by atoms with Gasteiger partial charge in [0.15, 0.2) is 5.58 Å². The molecule has 7 heteroatoms. The van der Waals surface area contributed by atoms with E-state index in [9.17, 15) is 4.79 Å². The van der Waals surface area contributed by atoms with E-state index in [1.807, 2.05) is 47.0 Å². The fourth-order valence-electron chi connectivity index (χ4n) is 3.39. The lowest BCUT2D eigenvalue weighted by atomic mass is 10.2. The third-order valence-electron chi connectivity index (χ3n) is 4.92. The van der Waals surface area contributed by atoms with Gasteiger partial charge in [0, 0.05) is 51.5 Å². The van der Waals surface area contributed by atoms with Gasteiger partial charge in [-0.05, 0) is 31.0 Å². The summed E-state index contributed by atoms with van der Waals surface area (Å²) in [6.07, 6.45) is 3.92. The zero-order valence-electron chi connectivity index (χ0n) is 15.0. The van der Waals surface area contributed by atoms with Crippen molar-refractivity contribution >= 4 is 23.0 Å². The maximum absolute atomic E-state index is 12.6. The van der Waals surface area contributed by atoms with E-state index in [0.717, 1.165) is 49.3 Å². The lowest BCUT2D eigenvalue weighted by Gasteiger charge is -2.21. The molecule has 3 heterocycles. The molecule has 7 nitrogen and oxygen atoms in total. The van der Waals surface area contributed by atoms with Crippen molar-refractivity contribution in [2.75, 3.05) is 31.1 Å². The number of para-hydroxylation sites is 2. The molecule has 136 valence electrons. The van der Waals surface area contributed by atoms with Crippen LogP contribution in [0, 0.1) is 0 Å². The molecule has 3 aromatic rings. The third-order valence-corrected chi connectivity index (χ3v) is 4.92. The molecule has 0 aliphatic carbocycles. The van der Waals surface area contributed by atoms with Crippen LogP contribution in [0.1, 0.15) is 18.5 Å². The maximum atomic E-state index is 12.6. The van der Waals surface area contributed by atoms with Gasteiger partial charge in [-0.3, -0.25) is 9.48 Å². The molecule has 0 atom stereocenters. The van der Waals surface area contributed by atoms with Gasteiger partial charge in [0.2, 0.25) is 5.91 Å². The van der Waals surface area contributed by atoms with Crippen LogP contribution in [0.5, 0.6) is 0 Å². The first-order valence-corrected chi connectivity index (χ1v) is 9.06. The van der Waals surface area contributed by atoms with Crippen LogP contribution in [0.25, 0.3) is 11.1 Å². The summed E-state index contributed by atoms with van der Waals surface area (Å²) in [5.41, 5.74) is 2.76. The molecule has 0 unspecified atom stereocenters. The van der Waals surface area contributed by atoms with Gasteiger partial charge < -0.3 is 14.2 Å². The number of hydrogen-bond donors (Lipinski definition) is 0. The fraction of sp³-hybridized carbons (Fsp3) is 0.421. The van der Waals surface area contributed by atoms with E-state index in [-0.39, 0.29) is 5.91 Å². The highest BCUT2D eigenvalue weighted by molar-refractivity contribution is 5.76. The van der Waals surface area contributed by atoms with E-state index in [1.54, 1.807) is 6.20 Å². The van der Waals surface area contributed by atoms with E-state index in [1.165, 1.54) is 0 Å². The normalized spacial score (nSPS) is 15.4. The second-order valence-electron chi connectivity index (χ2n) is 6.63. The average molecular weight is 353 g/mol. The molecule has 1 amide bonds. The number of benzene rings is 1. The minimum absolute atomic E-state index is 0.200. The Morgan fingerprint density at radius 1 is 1.15 bits per heavy atom. The Labute approximate surface area is 152 Å². The number of carbonyl (C=O) groups excluding carboxylic acids is 1. The summed E-state index contributed by atoms with van der Waals surface area (Å²) < 4.78 is 7.69. The van der Waals surface area contributed by atoms with E-state index in [0.29, 0.717) is 19.0 Å². The number of fused-ring (bicyclic) bond motifs is 1. The van der Waals surface area contributed by atoms with Gasteiger partial charge in [0.25, 0.3) is 6.01 Å². The number of aromatic nitrogens is 3. The molecular formula is C19H23N5O2. The quantitative estimate of drug-likeness (QED) is 0.719. The molecule has 1 aromatic carbocycles. The van der Waals surface area contributed by atoms with Crippen LogP contribution in [0.4, 0.5) is 6.01 Å². The SMILES string of the molecule is Cn1nccc1CCC(=O)N1CCCN(c2nc3ccccc3o2)CC1. The van der Waals surface area contributed by atoms with Gasteiger partial charge in [0.1, 0.15) is 5.52 Å². The van der Waals surface area contributed by atoms with Crippen LogP contribution >= 0.6 is 0 Å². The number of oxazole rings is 1. The molecule has 0 radical (unpaired) electrons. The Balaban J connectivity index is 1.36. The zero-order chi connectivity index (χ0) is 17.9. The molecule has 26 heavy (non-hydrogen) atoms. The number of hydrogen-bond acceptors (Lipinski definition) is 5. The summed E-state index contributed by atoms with van der Waals surface area (Å²) >= 11 is 0. The van der Waals surface area contributed by atoms with Gasteiger partial charge in [0.05, 0.1) is 0 Å². The van der Waals surface area contributed by atoms with E-state index in [4.69, 9.17) is 4.42 Å². The van der Waals surface area contributed by atoms with Crippen molar-refractivity contribution in [3.05, 3.63) is 42.2 Å². The smallest absolute Gasteiger partial charge is 0.298 e. The van der Waals surface area contributed by atoms with Crippen LogP contribution in [0.15, 0.2) is 40.9 Å². The number of amides is 1. The third kappa shape index (κ3) is 3.42. The summed E-state index contributed by atoms with van der Waals surface area (Å²) in [6, 6.07) is 10.4. The molecule has 1 fully saturated rings. The summed E-state index contributed by atoms with van der Waals surface area (Å²) in [5, 5.41) is 4.15. The number of aryl methyl sites for hydroxylation is 2. The Morgan fingerprint density at radius 2 is 2.04 bits per heavy atom. The number of nitrogens with zero attached hydrogens (tertiary/aromatic N) is 5. The van der Waals surface area contributed by atoms with Gasteiger partial charge in [-0.15, -0.1) is 0 Å². The van der Waals surface area contributed by atoms with Gasteiger partial charge in [-0.25, -0.2) is 0 Å². The highest BCUT2D eigenvalue weighted by Crippen LogP contribution is 2.22. The second-order valence-corrected chi connectivity index (χ2v) is 6.63. The molecular weight excluding hydrogens is 330 g/mol. The molecule has 0 bridgehead atoms. The van der Waals surface area contributed by atoms with Crippen molar-refractivity contribution in [2.24, 2.45) is 7.05 Å². The van der Waals surface area contributed by atoms with Crippen molar-refractivity contribution in [3.8, 4) is 0 Å². The second kappa shape index (κ2) is 7.19. The molecule has 4 rings (SSSR count). The Hall–Kier alpha value is -2.83. The predicted molar refractivity (Wildman–Crippen MR) is 98.9 cm³/mol. The Kier molecular flexibility index (Phi) is 4.60. The van der Waals surface area contributed by atoms with Crippen LogP contribution in [-0.2, 0) is 18.3 Å². The van der Waals surface area contributed by atoms with E-state index < -0.39 is 0 Å². The first-order valence-electron chi connectivity index (χ1n) is 9.06. The first-order chi connectivity index (χ1) is 12.7.